The summed E-state index contributed by atoms with van der Waals surface area (Å²) in [4.78, 5) is 31.4. The van der Waals surface area contributed by atoms with E-state index in [1.54, 1.807) is 28.0 Å². The number of fused-ring (bicyclic) bond motifs is 1. The summed E-state index contributed by atoms with van der Waals surface area (Å²) in [7, 11) is 0. The van der Waals surface area contributed by atoms with Gasteiger partial charge in [0.05, 0.1) is 16.7 Å². The average molecular weight is 470 g/mol. The normalized spacial score (nSPS) is 11.0. The molecule has 158 valence electrons. The minimum atomic E-state index is -0.142. The largest absolute Gasteiger partial charge is 0.351 e. The van der Waals surface area contributed by atoms with Crippen LogP contribution in [0, 0.1) is 0 Å². The molecular weight excluding hydrogens is 450 g/mol. The molecule has 1 N–H and O–H groups in total. The van der Waals surface area contributed by atoms with Crippen molar-refractivity contribution in [2.45, 2.75) is 24.7 Å². The maximum Gasteiger partial charge on any atom is 0.262 e. The average Bonchev–Trinajstić information content (AvgIpc) is 3.30. The summed E-state index contributed by atoms with van der Waals surface area (Å²) in [5.74, 6) is 0.0194. The van der Waals surface area contributed by atoms with Crippen LogP contribution in [0.15, 0.2) is 76.0 Å². The maximum absolute atomic E-state index is 13.1. The number of aryl methyl sites for hydroxylation is 1. The standard InChI is InChI=1S/C23H20ClN3O2S2/c24-19-9-3-1-6-16(19)14-25-21(28)15-31-23-26-20-10-4-2-8-18(20)22(29)27(23)12-11-17-7-5-13-30-17/h1-10,13H,11-12,14-15H2,(H,25,28). The number of amides is 1. The number of nitrogens with zero attached hydrogens (tertiary/aromatic N) is 2. The number of carbonyl (C=O) groups excluding carboxylic acids is 1. The second kappa shape index (κ2) is 10.1. The second-order valence-electron chi connectivity index (χ2n) is 6.85. The molecule has 0 unspecified atom stereocenters. The molecule has 2 heterocycles. The van der Waals surface area contributed by atoms with Gasteiger partial charge >= 0.3 is 0 Å². The predicted molar refractivity (Wildman–Crippen MR) is 128 cm³/mol. The molecule has 0 aliphatic rings. The molecule has 0 aliphatic carbocycles. The third-order valence-corrected chi connectivity index (χ3v) is 7.04. The van der Waals surface area contributed by atoms with Gasteiger partial charge in [0, 0.05) is 23.0 Å². The van der Waals surface area contributed by atoms with Crippen LogP contribution in [0.25, 0.3) is 10.9 Å². The van der Waals surface area contributed by atoms with Gasteiger partial charge in [-0.05, 0) is 41.6 Å². The number of halogens is 1. The topological polar surface area (TPSA) is 64.0 Å². The molecule has 1 amide bonds. The SMILES string of the molecule is O=C(CSc1nc2ccccc2c(=O)n1CCc1cccs1)NCc1ccccc1Cl. The lowest BCUT2D eigenvalue weighted by atomic mass is 10.2. The zero-order valence-electron chi connectivity index (χ0n) is 16.6. The van der Waals surface area contributed by atoms with Gasteiger partial charge in [0.25, 0.3) is 5.56 Å². The first-order chi connectivity index (χ1) is 15.1. The predicted octanol–water partition coefficient (Wildman–Crippen LogP) is 4.76. The summed E-state index contributed by atoms with van der Waals surface area (Å²) in [6, 6.07) is 18.8. The molecule has 4 aromatic rings. The van der Waals surface area contributed by atoms with Crippen molar-refractivity contribution in [1.29, 1.82) is 0 Å². The van der Waals surface area contributed by atoms with E-state index in [9.17, 15) is 9.59 Å². The van der Waals surface area contributed by atoms with Crippen molar-refractivity contribution < 1.29 is 4.79 Å². The summed E-state index contributed by atoms with van der Waals surface area (Å²) >= 11 is 9.08. The lowest BCUT2D eigenvalue weighted by Gasteiger charge is -2.13. The van der Waals surface area contributed by atoms with E-state index in [1.807, 2.05) is 47.8 Å². The van der Waals surface area contributed by atoms with Crippen molar-refractivity contribution >= 4 is 51.5 Å². The highest BCUT2D eigenvalue weighted by atomic mass is 35.5. The van der Waals surface area contributed by atoms with Gasteiger partial charge in [0.2, 0.25) is 5.91 Å². The zero-order chi connectivity index (χ0) is 21.6. The number of carbonyl (C=O) groups is 1. The van der Waals surface area contributed by atoms with Crippen LogP contribution in [0.3, 0.4) is 0 Å². The van der Waals surface area contributed by atoms with Crippen molar-refractivity contribution in [2.75, 3.05) is 5.75 Å². The number of thiophene rings is 1. The van der Waals surface area contributed by atoms with E-state index in [2.05, 4.69) is 16.4 Å². The van der Waals surface area contributed by atoms with Gasteiger partial charge in [-0.1, -0.05) is 59.8 Å². The molecule has 0 spiro atoms. The summed E-state index contributed by atoms with van der Waals surface area (Å²) in [5, 5.41) is 6.65. The summed E-state index contributed by atoms with van der Waals surface area (Å²) in [6.45, 7) is 0.871. The Hall–Kier alpha value is -2.61. The first-order valence-corrected chi connectivity index (χ1v) is 12.0. The van der Waals surface area contributed by atoms with Gasteiger partial charge in [0.15, 0.2) is 5.16 Å². The highest BCUT2D eigenvalue weighted by Gasteiger charge is 2.14. The molecule has 8 heteroatoms. The second-order valence-corrected chi connectivity index (χ2v) is 9.24. The van der Waals surface area contributed by atoms with E-state index in [0.29, 0.717) is 34.2 Å². The summed E-state index contributed by atoms with van der Waals surface area (Å²) < 4.78 is 1.67. The van der Waals surface area contributed by atoms with Crippen molar-refractivity contribution in [1.82, 2.24) is 14.9 Å². The van der Waals surface area contributed by atoms with Crippen LogP contribution in [-0.2, 0) is 24.3 Å². The number of para-hydroxylation sites is 1. The Balaban J connectivity index is 1.50. The molecule has 0 radical (unpaired) electrons. The fraction of sp³-hybridized carbons (Fsp3) is 0.174. The van der Waals surface area contributed by atoms with Crippen LogP contribution in [0.5, 0.6) is 0 Å². The maximum atomic E-state index is 13.1. The van der Waals surface area contributed by atoms with Gasteiger partial charge in [-0.15, -0.1) is 11.3 Å². The molecule has 2 aromatic heterocycles. The number of hydrogen-bond donors (Lipinski definition) is 1. The molecule has 2 aromatic carbocycles. The number of nitrogens with one attached hydrogen (secondary N) is 1. The number of benzene rings is 2. The minimum Gasteiger partial charge on any atom is -0.351 e. The highest BCUT2D eigenvalue weighted by molar-refractivity contribution is 7.99. The van der Waals surface area contributed by atoms with Crippen LogP contribution in [0.4, 0.5) is 0 Å². The van der Waals surface area contributed by atoms with Gasteiger partial charge in [0.1, 0.15) is 0 Å². The van der Waals surface area contributed by atoms with Gasteiger partial charge in [-0.3, -0.25) is 14.2 Å². The molecular formula is C23H20ClN3O2S2. The quantitative estimate of drug-likeness (QED) is 0.298. The monoisotopic (exact) mass is 469 g/mol. The van der Waals surface area contributed by atoms with Crippen LogP contribution in [-0.4, -0.2) is 21.2 Å². The van der Waals surface area contributed by atoms with Gasteiger partial charge in [-0.2, -0.15) is 0 Å². The zero-order valence-corrected chi connectivity index (χ0v) is 19.0. The summed E-state index contributed by atoms with van der Waals surface area (Å²) in [6.07, 6.45) is 0.740. The van der Waals surface area contributed by atoms with Gasteiger partial charge < -0.3 is 5.32 Å². The number of thioether (sulfide) groups is 1. The van der Waals surface area contributed by atoms with E-state index in [4.69, 9.17) is 11.6 Å². The summed E-state index contributed by atoms with van der Waals surface area (Å²) in [5.41, 5.74) is 1.42. The molecule has 4 rings (SSSR count). The Labute approximate surface area is 193 Å². The van der Waals surface area contributed by atoms with Crippen molar-refractivity contribution in [2.24, 2.45) is 0 Å². The molecule has 5 nitrogen and oxygen atoms in total. The van der Waals surface area contributed by atoms with E-state index in [-0.39, 0.29) is 17.2 Å². The van der Waals surface area contributed by atoms with E-state index >= 15 is 0 Å². The fourth-order valence-corrected chi connectivity index (χ4v) is 4.90. The first kappa shape index (κ1) is 21.6. The van der Waals surface area contributed by atoms with Crippen molar-refractivity contribution in [3.63, 3.8) is 0 Å². The lowest BCUT2D eigenvalue weighted by Crippen LogP contribution is -2.27. The smallest absolute Gasteiger partial charge is 0.262 e. The molecule has 0 bridgehead atoms. The van der Waals surface area contributed by atoms with E-state index in [1.165, 1.54) is 16.6 Å². The number of aromatic nitrogens is 2. The lowest BCUT2D eigenvalue weighted by molar-refractivity contribution is -0.118. The first-order valence-electron chi connectivity index (χ1n) is 9.76. The Kier molecular flexibility index (Phi) is 7.06. The van der Waals surface area contributed by atoms with Crippen LogP contribution in [0.2, 0.25) is 5.02 Å². The number of hydrogen-bond acceptors (Lipinski definition) is 5. The van der Waals surface area contributed by atoms with Crippen molar-refractivity contribution in [3.05, 3.63) is 91.9 Å². The highest BCUT2D eigenvalue weighted by Crippen LogP contribution is 2.19. The third-order valence-electron chi connectivity index (χ3n) is 4.75. The van der Waals surface area contributed by atoms with Gasteiger partial charge in [-0.25, -0.2) is 4.98 Å². The van der Waals surface area contributed by atoms with Crippen molar-refractivity contribution in [3.8, 4) is 0 Å². The van der Waals surface area contributed by atoms with Crippen LogP contribution in [0.1, 0.15) is 10.4 Å². The fourth-order valence-electron chi connectivity index (χ4n) is 3.15. The Morgan fingerprint density at radius 2 is 1.90 bits per heavy atom. The Morgan fingerprint density at radius 1 is 1.10 bits per heavy atom. The Morgan fingerprint density at radius 3 is 2.71 bits per heavy atom. The van der Waals surface area contributed by atoms with E-state index in [0.717, 1.165) is 12.0 Å². The Bertz CT molecular complexity index is 1260. The number of rotatable bonds is 8. The van der Waals surface area contributed by atoms with Crippen LogP contribution < -0.4 is 10.9 Å². The molecule has 0 saturated heterocycles. The minimum absolute atomic E-state index is 0.0823. The molecule has 31 heavy (non-hydrogen) atoms. The van der Waals surface area contributed by atoms with Crippen LogP contribution >= 0.6 is 34.7 Å². The van der Waals surface area contributed by atoms with E-state index < -0.39 is 0 Å². The molecule has 0 fully saturated rings. The molecule has 0 atom stereocenters. The molecule has 0 saturated carbocycles. The molecule has 0 aliphatic heterocycles. The third kappa shape index (κ3) is 5.36.